The van der Waals surface area contributed by atoms with Gasteiger partial charge in [0.2, 0.25) is 0 Å². The molecule has 6 heteroatoms. The van der Waals surface area contributed by atoms with Gasteiger partial charge >= 0.3 is 0 Å². The van der Waals surface area contributed by atoms with Crippen molar-refractivity contribution in [3.63, 3.8) is 0 Å². The first-order valence-corrected chi connectivity index (χ1v) is 8.52. The molecule has 1 aliphatic rings. The number of sulfonamides is 1. The van der Waals surface area contributed by atoms with Gasteiger partial charge in [-0.25, -0.2) is 12.8 Å². The fourth-order valence-corrected chi connectivity index (χ4v) is 4.53. The van der Waals surface area contributed by atoms with E-state index in [0.29, 0.717) is 24.2 Å². The lowest BCUT2D eigenvalue weighted by molar-refractivity contribution is 0.560. The number of nitrogen functional groups attached to an aromatic ring is 1. The molecule has 116 valence electrons. The molecule has 0 amide bonds. The van der Waals surface area contributed by atoms with Gasteiger partial charge < -0.3 is 5.73 Å². The van der Waals surface area contributed by atoms with Crippen LogP contribution < -0.4 is 10.0 Å². The molecule has 0 fully saturated rings. The molecule has 0 aliphatic carbocycles. The molecule has 22 heavy (non-hydrogen) atoms. The zero-order valence-electron chi connectivity index (χ0n) is 12.2. The highest BCUT2D eigenvalue weighted by Gasteiger charge is 2.33. The van der Waals surface area contributed by atoms with Crippen LogP contribution in [0.4, 0.5) is 15.8 Å². The number of nitrogens with two attached hydrogens (primary N) is 1. The number of nitrogens with zero attached hydrogens (tertiary/aromatic N) is 1. The predicted molar refractivity (Wildman–Crippen MR) is 84.7 cm³/mol. The van der Waals surface area contributed by atoms with Crippen molar-refractivity contribution >= 4 is 21.4 Å². The zero-order valence-corrected chi connectivity index (χ0v) is 13.0. The molecule has 4 nitrogen and oxygen atoms in total. The van der Waals surface area contributed by atoms with Crippen LogP contribution in [0.2, 0.25) is 0 Å². The molecule has 0 unspecified atom stereocenters. The minimum atomic E-state index is -3.70. The summed E-state index contributed by atoms with van der Waals surface area (Å²) in [4.78, 5) is 0.186. The summed E-state index contributed by atoms with van der Waals surface area (Å²) in [5.41, 5.74) is 7.40. The Morgan fingerprint density at radius 3 is 2.55 bits per heavy atom. The summed E-state index contributed by atoms with van der Waals surface area (Å²) >= 11 is 0. The second-order valence-electron chi connectivity index (χ2n) is 5.53. The number of hydrogen-bond donors (Lipinski definition) is 1. The number of aryl methyl sites for hydroxylation is 1. The standard InChI is InChI=1S/C16H17FN2O2S/c1-11-2-3-12-10-13(17)4-9-16(12)19(11)22(20,21)15-7-5-14(18)6-8-15/h4-11H,2-3,18H2,1H3/t11-/m1/s1. The van der Waals surface area contributed by atoms with Crippen molar-refractivity contribution in [2.75, 3.05) is 10.0 Å². The van der Waals surface area contributed by atoms with Gasteiger partial charge in [0.25, 0.3) is 10.0 Å². The van der Waals surface area contributed by atoms with Crippen molar-refractivity contribution in [1.29, 1.82) is 0 Å². The highest BCUT2D eigenvalue weighted by Crippen LogP contribution is 2.35. The van der Waals surface area contributed by atoms with E-state index < -0.39 is 10.0 Å². The van der Waals surface area contributed by atoms with Crippen molar-refractivity contribution < 1.29 is 12.8 Å². The van der Waals surface area contributed by atoms with E-state index in [2.05, 4.69) is 0 Å². The smallest absolute Gasteiger partial charge is 0.264 e. The average Bonchev–Trinajstić information content (AvgIpc) is 2.47. The predicted octanol–water partition coefficient (Wildman–Crippen LogP) is 2.94. The van der Waals surface area contributed by atoms with Gasteiger partial charge in [-0.05, 0) is 67.8 Å². The minimum absolute atomic E-state index is 0.180. The van der Waals surface area contributed by atoms with Crippen LogP contribution >= 0.6 is 0 Å². The molecule has 0 saturated heterocycles. The third-order valence-electron chi connectivity index (χ3n) is 3.95. The molecule has 3 rings (SSSR count). The molecule has 0 radical (unpaired) electrons. The third-order valence-corrected chi connectivity index (χ3v) is 5.89. The third kappa shape index (κ3) is 2.43. The summed E-state index contributed by atoms with van der Waals surface area (Å²) in [6.45, 7) is 1.86. The van der Waals surface area contributed by atoms with Gasteiger partial charge in [-0.15, -0.1) is 0 Å². The van der Waals surface area contributed by atoms with E-state index in [1.54, 1.807) is 12.1 Å². The molecule has 2 N–H and O–H groups in total. The number of halogens is 1. The molecular weight excluding hydrogens is 303 g/mol. The van der Waals surface area contributed by atoms with Crippen molar-refractivity contribution in [3.8, 4) is 0 Å². The second kappa shape index (κ2) is 5.28. The maximum Gasteiger partial charge on any atom is 0.264 e. The normalized spacial score (nSPS) is 18.1. The Kier molecular flexibility index (Phi) is 3.56. The monoisotopic (exact) mass is 320 g/mol. The van der Waals surface area contributed by atoms with Gasteiger partial charge in [0.15, 0.2) is 0 Å². The fraction of sp³-hybridized carbons (Fsp3) is 0.250. The quantitative estimate of drug-likeness (QED) is 0.865. The molecule has 1 aliphatic heterocycles. The van der Waals surface area contributed by atoms with Gasteiger partial charge in [0, 0.05) is 11.7 Å². The Balaban J connectivity index is 2.12. The van der Waals surface area contributed by atoms with Crippen LogP contribution in [-0.2, 0) is 16.4 Å². The number of benzene rings is 2. The van der Waals surface area contributed by atoms with Crippen LogP contribution in [0.3, 0.4) is 0 Å². The lowest BCUT2D eigenvalue weighted by atomic mass is 9.99. The maximum atomic E-state index is 13.4. The Labute approximate surface area is 129 Å². The topological polar surface area (TPSA) is 63.4 Å². The molecule has 2 aromatic carbocycles. The summed E-state index contributed by atoms with van der Waals surface area (Å²) in [5, 5.41) is 0. The Morgan fingerprint density at radius 2 is 1.86 bits per heavy atom. The molecule has 1 heterocycles. The molecular formula is C16H17FN2O2S. The molecule has 0 spiro atoms. The largest absolute Gasteiger partial charge is 0.399 e. The summed E-state index contributed by atoms with van der Waals surface area (Å²) in [7, 11) is -3.70. The maximum absolute atomic E-state index is 13.4. The van der Waals surface area contributed by atoms with Crippen molar-refractivity contribution in [3.05, 3.63) is 53.8 Å². The number of fused-ring (bicyclic) bond motifs is 1. The van der Waals surface area contributed by atoms with Crippen molar-refractivity contribution in [1.82, 2.24) is 0 Å². The molecule has 0 saturated carbocycles. The molecule has 0 aromatic heterocycles. The second-order valence-corrected chi connectivity index (χ2v) is 7.35. The highest BCUT2D eigenvalue weighted by molar-refractivity contribution is 7.92. The molecule has 1 atom stereocenters. The van der Waals surface area contributed by atoms with Crippen LogP contribution in [0, 0.1) is 5.82 Å². The summed E-state index contributed by atoms with van der Waals surface area (Å²) in [5.74, 6) is -0.349. The Morgan fingerprint density at radius 1 is 1.18 bits per heavy atom. The van der Waals surface area contributed by atoms with E-state index in [4.69, 9.17) is 5.73 Å². The lowest BCUT2D eigenvalue weighted by Gasteiger charge is -2.36. The van der Waals surface area contributed by atoms with Gasteiger partial charge in [0.05, 0.1) is 10.6 Å². The minimum Gasteiger partial charge on any atom is -0.399 e. The van der Waals surface area contributed by atoms with Crippen LogP contribution in [0.1, 0.15) is 18.9 Å². The van der Waals surface area contributed by atoms with Crippen LogP contribution in [0.15, 0.2) is 47.4 Å². The number of rotatable bonds is 2. The summed E-state index contributed by atoms with van der Waals surface area (Å²) in [6.07, 6.45) is 1.33. The van der Waals surface area contributed by atoms with Gasteiger partial charge in [-0.2, -0.15) is 0 Å². The first-order valence-electron chi connectivity index (χ1n) is 7.08. The molecule has 0 bridgehead atoms. The van der Waals surface area contributed by atoms with E-state index in [1.165, 1.54) is 34.6 Å². The van der Waals surface area contributed by atoms with Crippen LogP contribution in [-0.4, -0.2) is 14.5 Å². The van der Waals surface area contributed by atoms with Crippen LogP contribution in [0.5, 0.6) is 0 Å². The van der Waals surface area contributed by atoms with E-state index in [1.807, 2.05) is 6.92 Å². The Hall–Kier alpha value is -2.08. The van der Waals surface area contributed by atoms with E-state index in [0.717, 1.165) is 5.56 Å². The molecule has 2 aromatic rings. The fourth-order valence-electron chi connectivity index (χ4n) is 2.81. The average molecular weight is 320 g/mol. The summed E-state index contributed by atoms with van der Waals surface area (Å²) < 4.78 is 40.7. The van der Waals surface area contributed by atoms with E-state index in [-0.39, 0.29) is 16.8 Å². The first-order chi connectivity index (χ1) is 10.4. The van der Waals surface area contributed by atoms with Gasteiger partial charge in [-0.3, -0.25) is 4.31 Å². The SMILES string of the molecule is C[C@@H]1CCc2cc(F)ccc2N1S(=O)(=O)c1ccc(N)cc1. The number of anilines is 2. The van der Waals surface area contributed by atoms with E-state index in [9.17, 15) is 12.8 Å². The Bertz CT molecular complexity index is 803. The van der Waals surface area contributed by atoms with E-state index >= 15 is 0 Å². The van der Waals surface area contributed by atoms with Gasteiger partial charge in [-0.1, -0.05) is 0 Å². The lowest BCUT2D eigenvalue weighted by Crippen LogP contribution is -2.42. The summed E-state index contributed by atoms with van der Waals surface area (Å²) in [6, 6.07) is 10.2. The van der Waals surface area contributed by atoms with Crippen molar-refractivity contribution in [2.45, 2.75) is 30.7 Å². The zero-order chi connectivity index (χ0) is 15.9. The highest BCUT2D eigenvalue weighted by atomic mass is 32.2. The van der Waals surface area contributed by atoms with Crippen molar-refractivity contribution in [2.24, 2.45) is 0 Å². The first kappa shape index (κ1) is 14.8. The number of hydrogen-bond acceptors (Lipinski definition) is 3. The van der Waals surface area contributed by atoms with Gasteiger partial charge in [0.1, 0.15) is 5.82 Å². The van der Waals surface area contributed by atoms with Crippen LogP contribution in [0.25, 0.3) is 0 Å².